The van der Waals surface area contributed by atoms with Crippen LogP contribution in [0.3, 0.4) is 0 Å². The number of hydrogen-bond acceptors (Lipinski definition) is 3. The molecule has 0 radical (unpaired) electrons. The summed E-state index contributed by atoms with van der Waals surface area (Å²) in [7, 11) is 0. The minimum atomic E-state index is -1.01. The van der Waals surface area contributed by atoms with Gasteiger partial charge in [0.05, 0.1) is 0 Å². The van der Waals surface area contributed by atoms with Crippen LogP contribution >= 0.6 is 0 Å². The highest BCUT2D eigenvalue weighted by molar-refractivity contribution is 5.83. The average molecular weight is 188 g/mol. The Morgan fingerprint density at radius 2 is 2.08 bits per heavy atom. The number of rotatable bonds is 5. The number of carboxylic acid groups (broad SMARTS) is 1. The van der Waals surface area contributed by atoms with Gasteiger partial charge in [-0.25, -0.2) is 4.79 Å². The Balaban J connectivity index is 3.94. The smallest absolute Gasteiger partial charge is 0.326 e. The van der Waals surface area contributed by atoms with Crippen LogP contribution in [0.25, 0.3) is 0 Å². The molecule has 2 atom stereocenters. The number of hydrogen-bond donors (Lipinski definition) is 3. The van der Waals surface area contributed by atoms with Crippen molar-refractivity contribution in [1.29, 1.82) is 0 Å². The van der Waals surface area contributed by atoms with Crippen molar-refractivity contribution >= 4 is 11.9 Å². The summed E-state index contributed by atoms with van der Waals surface area (Å²) in [5, 5.41) is 11.0. The van der Waals surface area contributed by atoms with Crippen molar-refractivity contribution in [3.8, 4) is 0 Å². The first-order chi connectivity index (χ1) is 5.97. The van der Waals surface area contributed by atoms with Gasteiger partial charge in [-0.3, -0.25) is 4.79 Å². The SMILES string of the molecule is CCC(NC(=O)CC(C)N)C(=O)O. The van der Waals surface area contributed by atoms with Crippen molar-refractivity contribution in [1.82, 2.24) is 5.32 Å². The summed E-state index contributed by atoms with van der Waals surface area (Å²) in [4.78, 5) is 21.6. The molecule has 0 fully saturated rings. The highest BCUT2D eigenvalue weighted by Crippen LogP contribution is 1.93. The molecule has 0 aromatic heterocycles. The zero-order chi connectivity index (χ0) is 10.4. The van der Waals surface area contributed by atoms with Gasteiger partial charge < -0.3 is 16.2 Å². The quantitative estimate of drug-likeness (QED) is 0.552. The highest BCUT2D eigenvalue weighted by Gasteiger charge is 2.17. The number of carbonyl (C=O) groups is 2. The van der Waals surface area contributed by atoms with E-state index in [1.807, 2.05) is 0 Å². The Labute approximate surface area is 77.3 Å². The molecule has 0 aliphatic heterocycles. The van der Waals surface area contributed by atoms with Gasteiger partial charge in [0.2, 0.25) is 5.91 Å². The van der Waals surface area contributed by atoms with E-state index in [-0.39, 0.29) is 18.4 Å². The minimum absolute atomic E-state index is 0.157. The summed E-state index contributed by atoms with van der Waals surface area (Å²) in [5.74, 6) is -1.33. The normalized spacial score (nSPS) is 14.7. The molecule has 5 heteroatoms. The van der Waals surface area contributed by atoms with E-state index in [0.29, 0.717) is 6.42 Å². The van der Waals surface area contributed by atoms with Crippen molar-refractivity contribution in [3.05, 3.63) is 0 Å². The third-order valence-corrected chi connectivity index (χ3v) is 1.55. The third-order valence-electron chi connectivity index (χ3n) is 1.55. The van der Waals surface area contributed by atoms with Crippen LogP contribution in [0.1, 0.15) is 26.7 Å². The van der Waals surface area contributed by atoms with Gasteiger partial charge in [0.15, 0.2) is 0 Å². The molecule has 0 aromatic carbocycles. The van der Waals surface area contributed by atoms with Crippen molar-refractivity contribution < 1.29 is 14.7 Å². The van der Waals surface area contributed by atoms with Crippen molar-refractivity contribution in [2.75, 3.05) is 0 Å². The molecule has 0 saturated carbocycles. The Hall–Kier alpha value is -1.10. The third kappa shape index (κ3) is 5.19. The second kappa shape index (κ2) is 5.53. The van der Waals surface area contributed by atoms with Gasteiger partial charge in [0.25, 0.3) is 0 Å². The minimum Gasteiger partial charge on any atom is -0.480 e. The number of carboxylic acids is 1. The predicted molar refractivity (Wildman–Crippen MR) is 48.1 cm³/mol. The summed E-state index contributed by atoms with van der Waals surface area (Å²) in [6.07, 6.45) is 0.532. The molecule has 0 spiro atoms. The van der Waals surface area contributed by atoms with Crippen LogP contribution in [0, 0.1) is 0 Å². The lowest BCUT2D eigenvalue weighted by atomic mass is 10.2. The molecule has 0 saturated heterocycles. The average Bonchev–Trinajstić information content (AvgIpc) is 1.98. The van der Waals surface area contributed by atoms with Crippen LogP contribution in [0.2, 0.25) is 0 Å². The molecule has 0 rings (SSSR count). The van der Waals surface area contributed by atoms with Gasteiger partial charge >= 0.3 is 5.97 Å². The molecule has 5 nitrogen and oxygen atoms in total. The molecule has 13 heavy (non-hydrogen) atoms. The molecule has 0 aliphatic rings. The van der Waals surface area contributed by atoms with Gasteiger partial charge in [0, 0.05) is 12.5 Å². The molecular weight excluding hydrogens is 172 g/mol. The lowest BCUT2D eigenvalue weighted by Gasteiger charge is -2.12. The molecule has 4 N–H and O–H groups in total. The van der Waals surface area contributed by atoms with E-state index in [9.17, 15) is 9.59 Å². The van der Waals surface area contributed by atoms with E-state index in [4.69, 9.17) is 10.8 Å². The van der Waals surface area contributed by atoms with E-state index in [1.165, 1.54) is 0 Å². The largest absolute Gasteiger partial charge is 0.480 e. The number of amides is 1. The lowest BCUT2D eigenvalue weighted by Crippen LogP contribution is -2.41. The monoisotopic (exact) mass is 188 g/mol. The molecule has 1 amide bonds. The van der Waals surface area contributed by atoms with Gasteiger partial charge in [-0.1, -0.05) is 6.92 Å². The summed E-state index contributed by atoms with van der Waals surface area (Å²) in [6.45, 7) is 3.40. The van der Waals surface area contributed by atoms with E-state index in [1.54, 1.807) is 13.8 Å². The van der Waals surface area contributed by atoms with Crippen LogP contribution < -0.4 is 11.1 Å². The highest BCUT2D eigenvalue weighted by atomic mass is 16.4. The maximum Gasteiger partial charge on any atom is 0.326 e. The van der Waals surface area contributed by atoms with Gasteiger partial charge in [-0.2, -0.15) is 0 Å². The molecule has 0 heterocycles. The summed E-state index contributed by atoms with van der Waals surface area (Å²) in [5.41, 5.74) is 5.38. The molecule has 2 unspecified atom stereocenters. The zero-order valence-electron chi connectivity index (χ0n) is 7.91. The predicted octanol–water partition coefficient (Wildman–Crippen LogP) is -0.297. The van der Waals surface area contributed by atoms with Gasteiger partial charge in [-0.15, -0.1) is 0 Å². The number of nitrogens with two attached hydrogens (primary N) is 1. The number of nitrogens with one attached hydrogen (secondary N) is 1. The van der Waals surface area contributed by atoms with Crippen molar-refractivity contribution in [2.24, 2.45) is 5.73 Å². The van der Waals surface area contributed by atoms with E-state index < -0.39 is 12.0 Å². The Kier molecular flexibility index (Phi) is 5.06. The van der Waals surface area contributed by atoms with Crippen LogP contribution in [-0.4, -0.2) is 29.1 Å². The number of aliphatic carboxylic acids is 1. The number of carbonyl (C=O) groups excluding carboxylic acids is 1. The van der Waals surface area contributed by atoms with E-state index >= 15 is 0 Å². The molecule has 0 aliphatic carbocycles. The first-order valence-electron chi connectivity index (χ1n) is 4.25. The van der Waals surface area contributed by atoms with Crippen molar-refractivity contribution in [3.63, 3.8) is 0 Å². The van der Waals surface area contributed by atoms with E-state index in [0.717, 1.165) is 0 Å². The zero-order valence-corrected chi connectivity index (χ0v) is 7.91. The summed E-state index contributed by atoms with van der Waals surface area (Å²) in [6, 6.07) is -1.04. The van der Waals surface area contributed by atoms with Crippen LogP contribution in [0.5, 0.6) is 0 Å². The van der Waals surface area contributed by atoms with Gasteiger partial charge in [-0.05, 0) is 13.3 Å². The van der Waals surface area contributed by atoms with Crippen LogP contribution in [-0.2, 0) is 9.59 Å². The topological polar surface area (TPSA) is 92.4 Å². The van der Waals surface area contributed by atoms with E-state index in [2.05, 4.69) is 5.32 Å². The standard InChI is InChI=1S/C8H16N2O3/c1-3-6(8(12)13)10-7(11)4-5(2)9/h5-6H,3-4,9H2,1-2H3,(H,10,11)(H,12,13). The first kappa shape index (κ1) is 11.9. The lowest BCUT2D eigenvalue weighted by molar-refractivity contribution is -0.141. The molecule has 0 bridgehead atoms. The fraction of sp³-hybridized carbons (Fsp3) is 0.750. The second-order valence-electron chi connectivity index (χ2n) is 3.05. The van der Waals surface area contributed by atoms with Crippen LogP contribution in [0.4, 0.5) is 0 Å². The first-order valence-corrected chi connectivity index (χ1v) is 4.25. The second-order valence-corrected chi connectivity index (χ2v) is 3.05. The van der Waals surface area contributed by atoms with Gasteiger partial charge in [0.1, 0.15) is 6.04 Å². The Morgan fingerprint density at radius 1 is 1.54 bits per heavy atom. The fourth-order valence-electron chi connectivity index (χ4n) is 0.884. The Morgan fingerprint density at radius 3 is 2.38 bits per heavy atom. The molecule has 0 aromatic rings. The van der Waals surface area contributed by atoms with Crippen LogP contribution in [0.15, 0.2) is 0 Å². The molecule has 76 valence electrons. The fourth-order valence-corrected chi connectivity index (χ4v) is 0.884. The summed E-state index contributed by atoms with van der Waals surface area (Å²) < 4.78 is 0. The van der Waals surface area contributed by atoms with Crippen molar-refractivity contribution in [2.45, 2.75) is 38.8 Å². The molecular formula is C8H16N2O3. The maximum atomic E-state index is 11.1. The summed E-state index contributed by atoms with van der Waals surface area (Å²) >= 11 is 0. The Bertz CT molecular complexity index is 192. The maximum absolute atomic E-state index is 11.1.